The number of aryl methyl sites for hydroxylation is 2. The standard InChI is InChI=1S/C20H21N3O2S/c1-4-5-17(24)21-20-22-18(16-11-13(2)10-14(3)12-16)19(26-20)15-6-8-23(25)9-7-15/h6-12,25H,4-5H2,1-3H3. The number of amidine groups is 1. The lowest BCUT2D eigenvalue weighted by Gasteiger charge is -2.13. The summed E-state index contributed by atoms with van der Waals surface area (Å²) in [5.41, 5.74) is 5.03. The fourth-order valence-corrected chi connectivity index (χ4v) is 3.79. The van der Waals surface area contributed by atoms with E-state index in [2.05, 4.69) is 42.0 Å². The number of carbonyl (C=O) groups excluding carboxylic acids is 1. The average molecular weight is 367 g/mol. The first-order valence-corrected chi connectivity index (χ1v) is 9.33. The third-order valence-corrected chi connectivity index (χ3v) is 4.87. The number of amides is 1. The summed E-state index contributed by atoms with van der Waals surface area (Å²) >= 11 is 1.39. The Morgan fingerprint density at radius 1 is 1.19 bits per heavy atom. The van der Waals surface area contributed by atoms with Crippen molar-refractivity contribution in [1.29, 1.82) is 0 Å². The van der Waals surface area contributed by atoms with Crippen LogP contribution < -0.4 is 0 Å². The lowest BCUT2D eigenvalue weighted by molar-refractivity contribution is -0.117. The highest BCUT2D eigenvalue weighted by atomic mass is 32.2. The number of hydrogen-bond donors (Lipinski definition) is 1. The molecule has 3 rings (SSSR count). The minimum Gasteiger partial charge on any atom is -0.285 e. The van der Waals surface area contributed by atoms with Crippen molar-refractivity contribution in [2.24, 2.45) is 9.98 Å². The van der Waals surface area contributed by atoms with Crippen LogP contribution in [0.5, 0.6) is 0 Å². The summed E-state index contributed by atoms with van der Waals surface area (Å²) in [4.78, 5) is 21.7. The molecule has 5 nitrogen and oxygen atoms in total. The van der Waals surface area contributed by atoms with Gasteiger partial charge in [0, 0.05) is 29.3 Å². The van der Waals surface area contributed by atoms with Crippen LogP contribution in [-0.2, 0) is 4.79 Å². The molecule has 2 aliphatic rings. The van der Waals surface area contributed by atoms with E-state index in [9.17, 15) is 10.0 Å². The van der Waals surface area contributed by atoms with Crippen molar-refractivity contribution in [1.82, 2.24) is 5.06 Å². The van der Waals surface area contributed by atoms with Gasteiger partial charge in [0.25, 0.3) is 0 Å². The number of benzene rings is 1. The van der Waals surface area contributed by atoms with Crippen LogP contribution in [0.15, 0.2) is 63.2 Å². The number of hydroxylamine groups is 2. The van der Waals surface area contributed by atoms with Gasteiger partial charge in [-0.3, -0.25) is 10.0 Å². The fourth-order valence-electron chi connectivity index (χ4n) is 2.81. The van der Waals surface area contributed by atoms with Gasteiger partial charge in [0.1, 0.15) is 0 Å². The lowest BCUT2D eigenvalue weighted by Crippen LogP contribution is -2.07. The SMILES string of the molecule is CCCC(=O)N=C1N=C(c2cc(C)cc(C)c2)C(=C2C=CN(O)C=C2)S1. The number of rotatable bonds is 3. The second-order valence-electron chi connectivity index (χ2n) is 6.27. The molecule has 0 fully saturated rings. The minimum absolute atomic E-state index is 0.152. The maximum absolute atomic E-state index is 11.9. The van der Waals surface area contributed by atoms with E-state index in [4.69, 9.17) is 0 Å². The van der Waals surface area contributed by atoms with Crippen molar-refractivity contribution >= 4 is 28.5 Å². The molecule has 2 heterocycles. The molecule has 2 aliphatic heterocycles. The Labute approximate surface area is 157 Å². The van der Waals surface area contributed by atoms with Gasteiger partial charge in [0.15, 0.2) is 5.17 Å². The molecule has 1 aromatic rings. The maximum Gasteiger partial charge on any atom is 0.248 e. The van der Waals surface area contributed by atoms with E-state index < -0.39 is 0 Å². The molecule has 0 aliphatic carbocycles. The van der Waals surface area contributed by atoms with Crippen LogP contribution in [0.25, 0.3) is 0 Å². The van der Waals surface area contributed by atoms with E-state index in [0.29, 0.717) is 11.6 Å². The Bertz CT molecular complexity index is 858. The van der Waals surface area contributed by atoms with Gasteiger partial charge in [-0.15, -0.1) is 0 Å². The van der Waals surface area contributed by atoms with Gasteiger partial charge in [-0.25, -0.2) is 10.1 Å². The summed E-state index contributed by atoms with van der Waals surface area (Å²) in [7, 11) is 0. The van der Waals surface area contributed by atoms with Crippen molar-refractivity contribution in [3.8, 4) is 0 Å². The zero-order chi connectivity index (χ0) is 18.7. The van der Waals surface area contributed by atoms with Gasteiger partial charge in [-0.05, 0) is 61.9 Å². The molecule has 134 valence electrons. The lowest BCUT2D eigenvalue weighted by atomic mass is 10.0. The monoisotopic (exact) mass is 367 g/mol. The van der Waals surface area contributed by atoms with Crippen LogP contribution in [0, 0.1) is 13.8 Å². The van der Waals surface area contributed by atoms with Crippen LogP contribution in [-0.4, -0.2) is 27.1 Å². The Kier molecular flexibility index (Phi) is 5.54. The summed E-state index contributed by atoms with van der Waals surface area (Å²) in [5.74, 6) is -0.152. The molecule has 0 saturated carbocycles. The Balaban J connectivity index is 2.08. The molecule has 26 heavy (non-hydrogen) atoms. The smallest absolute Gasteiger partial charge is 0.248 e. The largest absolute Gasteiger partial charge is 0.285 e. The highest BCUT2D eigenvalue weighted by molar-refractivity contribution is 8.18. The van der Waals surface area contributed by atoms with E-state index in [1.165, 1.54) is 11.8 Å². The topological polar surface area (TPSA) is 65.3 Å². The third kappa shape index (κ3) is 4.20. The first-order chi connectivity index (χ1) is 12.5. The van der Waals surface area contributed by atoms with Gasteiger partial charge in [-0.2, -0.15) is 4.99 Å². The Hall–Kier alpha value is -2.44. The second-order valence-corrected chi connectivity index (χ2v) is 7.25. The average Bonchev–Trinajstić information content (AvgIpc) is 2.98. The molecular weight excluding hydrogens is 346 g/mol. The fraction of sp³-hybridized carbons (Fsp3) is 0.250. The number of allylic oxidation sites excluding steroid dienone is 4. The normalized spacial score (nSPS) is 18.1. The summed E-state index contributed by atoms with van der Waals surface area (Å²) in [6.45, 7) is 6.06. The molecule has 1 amide bonds. The highest BCUT2D eigenvalue weighted by Gasteiger charge is 2.25. The molecule has 0 saturated heterocycles. The summed E-state index contributed by atoms with van der Waals surface area (Å²) in [6, 6.07) is 6.28. The summed E-state index contributed by atoms with van der Waals surface area (Å²) < 4.78 is 0. The first-order valence-electron chi connectivity index (χ1n) is 8.51. The molecule has 6 heteroatoms. The molecule has 1 aromatic carbocycles. The molecule has 0 atom stereocenters. The zero-order valence-corrected chi connectivity index (χ0v) is 15.9. The predicted octanol–water partition coefficient (Wildman–Crippen LogP) is 4.51. The zero-order valence-electron chi connectivity index (χ0n) is 15.1. The Morgan fingerprint density at radius 3 is 2.46 bits per heavy atom. The van der Waals surface area contributed by atoms with Crippen LogP contribution in [0.1, 0.15) is 36.5 Å². The summed E-state index contributed by atoms with van der Waals surface area (Å²) in [6.07, 6.45) is 7.96. The van der Waals surface area contributed by atoms with E-state index in [1.807, 2.05) is 19.1 Å². The van der Waals surface area contributed by atoms with E-state index >= 15 is 0 Å². The number of aliphatic imine (C=N–C) groups is 2. The van der Waals surface area contributed by atoms with Gasteiger partial charge in [-0.1, -0.05) is 24.1 Å². The van der Waals surface area contributed by atoms with Crippen molar-refractivity contribution < 1.29 is 10.0 Å². The maximum atomic E-state index is 11.9. The van der Waals surface area contributed by atoms with E-state index in [0.717, 1.165) is 44.4 Å². The van der Waals surface area contributed by atoms with E-state index in [1.54, 1.807) is 12.4 Å². The molecule has 0 radical (unpaired) electrons. The Morgan fingerprint density at radius 2 is 1.85 bits per heavy atom. The van der Waals surface area contributed by atoms with Crippen molar-refractivity contribution in [3.63, 3.8) is 0 Å². The molecule has 0 spiro atoms. The molecule has 1 N–H and O–H groups in total. The van der Waals surface area contributed by atoms with Gasteiger partial charge in [0.05, 0.1) is 5.71 Å². The second kappa shape index (κ2) is 7.85. The van der Waals surface area contributed by atoms with Crippen LogP contribution in [0.2, 0.25) is 0 Å². The first kappa shape index (κ1) is 18.4. The van der Waals surface area contributed by atoms with Gasteiger partial charge < -0.3 is 0 Å². The molecule has 0 unspecified atom stereocenters. The van der Waals surface area contributed by atoms with Gasteiger partial charge in [0.2, 0.25) is 5.91 Å². The molecular formula is C20H21N3O2S. The van der Waals surface area contributed by atoms with Gasteiger partial charge >= 0.3 is 0 Å². The minimum atomic E-state index is -0.152. The number of thioether (sulfide) groups is 1. The van der Waals surface area contributed by atoms with E-state index in [-0.39, 0.29) is 5.91 Å². The van der Waals surface area contributed by atoms with Crippen molar-refractivity contribution in [3.05, 3.63) is 69.9 Å². The number of nitrogens with zero attached hydrogens (tertiary/aromatic N) is 3. The van der Waals surface area contributed by atoms with Crippen LogP contribution >= 0.6 is 11.8 Å². The molecule has 0 bridgehead atoms. The molecule has 0 aromatic heterocycles. The van der Waals surface area contributed by atoms with Crippen molar-refractivity contribution in [2.75, 3.05) is 0 Å². The number of hydrogen-bond acceptors (Lipinski definition) is 4. The quantitative estimate of drug-likeness (QED) is 0.854. The predicted molar refractivity (Wildman–Crippen MR) is 106 cm³/mol. The number of carbonyl (C=O) groups is 1. The van der Waals surface area contributed by atoms with Crippen LogP contribution in [0.4, 0.5) is 0 Å². The van der Waals surface area contributed by atoms with Crippen LogP contribution in [0.3, 0.4) is 0 Å². The summed E-state index contributed by atoms with van der Waals surface area (Å²) in [5, 5.41) is 11.0. The van der Waals surface area contributed by atoms with Crippen molar-refractivity contribution in [2.45, 2.75) is 33.6 Å². The highest BCUT2D eigenvalue weighted by Crippen LogP contribution is 2.35. The third-order valence-electron chi connectivity index (χ3n) is 3.87.